The third-order valence-corrected chi connectivity index (χ3v) is 6.20. The molecule has 2 rings (SSSR count). The summed E-state index contributed by atoms with van der Waals surface area (Å²) in [6.45, 7) is 15.4. The molecular weight excluding hydrogens is 424 g/mol. The van der Waals surface area contributed by atoms with E-state index in [2.05, 4.69) is 65.8 Å². The van der Waals surface area contributed by atoms with Gasteiger partial charge in [0.25, 0.3) is 10.1 Å². The number of benzene rings is 2. The van der Waals surface area contributed by atoms with Gasteiger partial charge in [-0.3, -0.25) is 4.55 Å². The summed E-state index contributed by atoms with van der Waals surface area (Å²) >= 11 is 0. The molecule has 0 aromatic heterocycles. The van der Waals surface area contributed by atoms with Gasteiger partial charge in [-0.05, 0) is 58.6 Å². The maximum absolute atomic E-state index is 11.0. The fraction of sp³-hybridized carbons (Fsp3) is 0.538. The Kier molecular flexibility index (Phi) is 8.91. The molecule has 6 heteroatoms. The molecular formula is C26H38O5S. The van der Waals surface area contributed by atoms with E-state index in [1.807, 2.05) is 0 Å². The highest BCUT2D eigenvalue weighted by Crippen LogP contribution is 2.43. The van der Waals surface area contributed by atoms with Gasteiger partial charge in [-0.1, -0.05) is 65.8 Å². The second kappa shape index (κ2) is 10.8. The lowest BCUT2D eigenvalue weighted by molar-refractivity contribution is 0.107. The van der Waals surface area contributed by atoms with Crippen molar-refractivity contribution in [3.63, 3.8) is 0 Å². The third-order valence-electron chi connectivity index (χ3n) is 5.34. The predicted molar refractivity (Wildman–Crippen MR) is 129 cm³/mol. The summed E-state index contributed by atoms with van der Waals surface area (Å²) in [5.41, 5.74) is 3.02. The highest BCUT2D eigenvalue weighted by Gasteiger charge is 2.30. The lowest BCUT2D eigenvalue weighted by Gasteiger charge is -2.36. The average molecular weight is 463 g/mol. The quantitative estimate of drug-likeness (QED) is 0.323. The number of ether oxygens (including phenoxy) is 2. The van der Waals surface area contributed by atoms with Crippen LogP contribution in [-0.4, -0.2) is 26.2 Å². The van der Waals surface area contributed by atoms with Gasteiger partial charge in [0, 0.05) is 6.42 Å². The molecule has 0 aliphatic carbocycles. The maximum atomic E-state index is 11.0. The van der Waals surface area contributed by atoms with Crippen LogP contribution in [-0.2, 0) is 21.5 Å². The van der Waals surface area contributed by atoms with E-state index in [0.29, 0.717) is 31.5 Å². The first-order chi connectivity index (χ1) is 14.8. The average Bonchev–Trinajstić information content (AvgIpc) is 2.67. The van der Waals surface area contributed by atoms with Crippen molar-refractivity contribution in [2.24, 2.45) is 10.8 Å². The minimum absolute atomic E-state index is 0.147. The van der Waals surface area contributed by atoms with Crippen LogP contribution in [0.4, 0.5) is 0 Å². The number of hydrogen-bond acceptors (Lipinski definition) is 4. The van der Waals surface area contributed by atoms with Crippen LogP contribution in [0.5, 0.6) is 5.75 Å². The van der Waals surface area contributed by atoms with Crippen molar-refractivity contribution in [2.75, 3.05) is 13.2 Å². The fourth-order valence-electron chi connectivity index (χ4n) is 3.63. The second-order valence-electron chi connectivity index (χ2n) is 10.6. The zero-order valence-corrected chi connectivity index (χ0v) is 21.0. The maximum Gasteiger partial charge on any atom is 0.294 e. The molecule has 1 unspecified atom stereocenters. The second-order valence-corrected chi connectivity index (χ2v) is 12.0. The molecule has 0 saturated heterocycles. The molecule has 0 amide bonds. The van der Waals surface area contributed by atoms with E-state index in [0.717, 1.165) is 18.4 Å². The molecule has 0 bridgehead atoms. The van der Waals surface area contributed by atoms with Gasteiger partial charge in [0.05, 0.1) is 24.7 Å². The van der Waals surface area contributed by atoms with Crippen LogP contribution in [0.2, 0.25) is 0 Å². The van der Waals surface area contributed by atoms with E-state index >= 15 is 0 Å². The summed E-state index contributed by atoms with van der Waals surface area (Å²) in [4.78, 5) is -0.147. The van der Waals surface area contributed by atoms with Gasteiger partial charge < -0.3 is 9.47 Å². The van der Waals surface area contributed by atoms with Gasteiger partial charge in [-0.2, -0.15) is 8.42 Å². The molecule has 0 spiro atoms. The molecule has 0 fully saturated rings. The van der Waals surface area contributed by atoms with E-state index in [4.69, 9.17) is 14.0 Å². The Hall–Kier alpha value is -1.89. The largest absolute Gasteiger partial charge is 0.494 e. The molecule has 2 aromatic carbocycles. The Morgan fingerprint density at radius 2 is 1.47 bits per heavy atom. The van der Waals surface area contributed by atoms with Crippen molar-refractivity contribution in [3.05, 3.63) is 59.7 Å². The van der Waals surface area contributed by atoms with Crippen molar-refractivity contribution >= 4 is 10.1 Å². The zero-order valence-electron chi connectivity index (χ0n) is 20.2. The summed E-state index contributed by atoms with van der Waals surface area (Å²) in [6.07, 6.45) is 1.86. The lowest BCUT2D eigenvalue weighted by atomic mass is 9.69. The molecule has 1 N–H and O–H groups in total. The van der Waals surface area contributed by atoms with Crippen LogP contribution < -0.4 is 4.74 Å². The van der Waals surface area contributed by atoms with Crippen LogP contribution in [0, 0.1) is 10.8 Å². The summed E-state index contributed by atoms with van der Waals surface area (Å²) in [6, 6.07) is 14.5. The Morgan fingerprint density at radius 1 is 0.875 bits per heavy atom. The van der Waals surface area contributed by atoms with Gasteiger partial charge >= 0.3 is 0 Å². The van der Waals surface area contributed by atoms with Crippen LogP contribution in [0.3, 0.4) is 0 Å². The Bertz CT molecular complexity index is 934. The van der Waals surface area contributed by atoms with Crippen LogP contribution in [0.25, 0.3) is 0 Å². The standard InChI is InChI=1S/C26H38O5S/c1-25(2,3)18-24(26(4,5)6)21-10-8-20(9-11-21)19-30-16-7-17-31-22-12-14-23(15-13-22)32(27,28)29/h8-15,24H,7,16-19H2,1-6H3,(H,27,28,29). The van der Waals surface area contributed by atoms with Crippen LogP contribution in [0.1, 0.15) is 71.4 Å². The van der Waals surface area contributed by atoms with E-state index in [-0.39, 0.29) is 15.7 Å². The monoisotopic (exact) mass is 462 g/mol. The summed E-state index contributed by atoms with van der Waals surface area (Å²) in [5, 5.41) is 0. The number of hydrogen-bond donors (Lipinski definition) is 1. The SMILES string of the molecule is CC(C)(C)CC(c1ccc(COCCCOc2ccc(S(=O)(=O)O)cc2)cc1)C(C)(C)C. The topological polar surface area (TPSA) is 72.8 Å². The van der Waals surface area contributed by atoms with E-state index < -0.39 is 10.1 Å². The Balaban J connectivity index is 1.77. The van der Waals surface area contributed by atoms with Crippen molar-refractivity contribution in [3.8, 4) is 5.75 Å². The highest BCUT2D eigenvalue weighted by molar-refractivity contribution is 7.85. The molecule has 178 valence electrons. The van der Waals surface area contributed by atoms with Crippen LogP contribution >= 0.6 is 0 Å². The minimum Gasteiger partial charge on any atom is -0.494 e. The molecule has 5 nitrogen and oxygen atoms in total. The van der Waals surface area contributed by atoms with Gasteiger partial charge in [-0.25, -0.2) is 0 Å². The molecule has 0 aliphatic rings. The Labute approximate surface area is 193 Å². The molecule has 32 heavy (non-hydrogen) atoms. The smallest absolute Gasteiger partial charge is 0.294 e. The van der Waals surface area contributed by atoms with E-state index in [9.17, 15) is 8.42 Å². The summed E-state index contributed by atoms with van der Waals surface area (Å²) in [7, 11) is -4.18. The first kappa shape index (κ1) is 26.4. The normalized spacial score (nSPS) is 13.7. The van der Waals surface area contributed by atoms with Gasteiger partial charge in [0.1, 0.15) is 5.75 Å². The minimum atomic E-state index is -4.18. The summed E-state index contributed by atoms with van der Waals surface area (Å²) in [5.74, 6) is 1.05. The van der Waals surface area contributed by atoms with Crippen LogP contribution in [0.15, 0.2) is 53.4 Å². The van der Waals surface area contributed by atoms with Crippen molar-refractivity contribution in [2.45, 2.75) is 71.8 Å². The highest BCUT2D eigenvalue weighted by atomic mass is 32.2. The van der Waals surface area contributed by atoms with Crippen molar-refractivity contribution in [1.29, 1.82) is 0 Å². The third kappa shape index (κ3) is 8.93. The van der Waals surface area contributed by atoms with E-state index in [1.54, 1.807) is 0 Å². The predicted octanol–water partition coefficient (Wildman–Crippen LogP) is 6.48. The fourth-order valence-corrected chi connectivity index (χ4v) is 4.11. The zero-order chi connectivity index (χ0) is 24.0. The van der Waals surface area contributed by atoms with E-state index in [1.165, 1.54) is 29.8 Å². The number of rotatable bonds is 10. The van der Waals surface area contributed by atoms with Crippen molar-refractivity contribution in [1.82, 2.24) is 0 Å². The summed E-state index contributed by atoms with van der Waals surface area (Å²) < 4.78 is 42.4. The van der Waals surface area contributed by atoms with Gasteiger partial charge in [0.15, 0.2) is 0 Å². The molecule has 0 heterocycles. The Morgan fingerprint density at radius 3 is 1.97 bits per heavy atom. The van der Waals surface area contributed by atoms with Gasteiger partial charge in [0.2, 0.25) is 0 Å². The molecule has 1 atom stereocenters. The molecule has 2 aromatic rings. The van der Waals surface area contributed by atoms with Gasteiger partial charge in [-0.15, -0.1) is 0 Å². The molecule has 0 radical (unpaired) electrons. The molecule has 0 aliphatic heterocycles. The van der Waals surface area contributed by atoms with Crippen molar-refractivity contribution < 1.29 is 22.4 Å². The molecule has 0 saturated carbocycles. The first-order valence-corrected chi connectivity index (χ1v) is 12.6. The lowest BCUT2D eigenvalue weighted by Crippen LogP contribution is -2.23. The first-order valence-electron chi connectivity index (χ1n) is 11.1.